The van der Waals surface area contributed by atoms with Gasteiger partial charge in [0.25, 0.3) is 0 Å². The van der Waals surface area contributed by atoms with Gasteiger partial charge in [0.05, 0.1) is 13.2 Å². The van der Waals surface area contributed by atoms with Crippen LogP contribution in [0, 0.1) is 0 Å². The van der Waals surface area contributed by atoms with E-state index in [1.165, 1.54) is 0 Å². The van der Waals surface area contributed by atoms with Gasteiger partial charge in [-0.25, -0.2) is 0 Å². The van der Waals surface area contributed by atoms with Crippen molar-refractivity contribution < 1.29 is 9.47 Å². The van der Waals surface area contributed by atoms with Crippen molar-refractivity contribution in [3.05, 3.63) is 29.8 Å². The second-order valence-electron chi connectivity index (χ2n) is 4.84. The molecule has 19 heavy (non-hydrogen) atoms. The molecule has 106 valence electrons. The SMILES string of the molecule is CCOc1ccccc1C(N)CN1CCCOCC1. The molecule has 1 heterocycles. The zero-order chi connectivity index (χ0) is 13.5. The van der Waals surface area contributed by atoms with Crippen LogP contribution in [0.15, 0.2) is 24.3 Å². The van der Waals surface area contributed by atoms with Gasteiger partial charge in [0.15, 0.2) is 0 Å². The molecular formula is C15H24N2O2. The van der Waals surface area contributed by atoms with E-state index in [1.54, 1.807) is 0 Å². The second-order valence-corrected chi connectivity index (χ2v) is 4.84. The van der Waals surface area contributed by atoms with Crippen LogP contribution in [0.25, 0.3) is 0 Å². The number of hydrogen-bond donors (Lipinski definition) is 1. The van der Waals surface area contributed by atoms with Crippen molar-refractivity contribution in [2.75, 3.05) is 39.5 Å². The zero-order valence-corrected chi connectivity index (χ0v) is 11.7. The van der Waals surface area contributed by atoms with Crippen LogP contribution >= 0.6 is 0 Å². The summed E-state index contributed by atoms with van der Waals surface area (Å²) in [6.07, 6.45) is 1.08. The van der Waals surface area contributed by atoms with Crippen molar-refractivity contribution in [2.45, 2.75) is 19.4 Å². The molecule has 1 aromatic rings. The highest BCUT2D eigenvalue weighted by molar-refractivity contribution is 5.35. The summed E-state index contributed by atoms with van der Waals surface area (Å²) in [6.45, 7) is 7.21. The molecule has 1 fully saturated rings. The molecular weight excluding hydrogens is 240 g/mol. The lowest BCUT2D eigenvalue weighted by molar-refractivity contribution is 0.140. The molecule has 0 aliphatic carbocycles. The van der Waals surface area contributed by atoms with Crippen LogP contribution in [0.3, 0.4) is 0 Å². The van der Waals surface area contributed by atoms with E-state index in [9.17, 15) is 0 Å². The fourth-order valence-electron chi connectivity index (χ4n) is 2.43. The molecule has 0 amide bonds. The average molecular weight is 264 g/mol. The first-order chi connectivity index (χ1) is 9.31. The van der Waals surface area contributed by atoms with E-state index in [-0.39, 0.29) is 6.04 Å². The number of nitrogens with two attached hydrogens (primary N) is 1. The average Bonchev–Trinajstić information content (AvgIpc) is 2.68. The summed E-state index contributed by atoms with van der Waals surface area (Å²) in [5.74, 6) is 0.906. The van der Waals surface area contributed by atoms with Crippen LogP contribution in [0.5, 0.6) is 5.75 Å². The number of rotatable bonds is 5. The van der Waals surface area contributed by atoms with Crippen molar-refractivity contribution in [3.63, 3.8) is 0 Å². The lowest BCUT2D eigenvalue weighted by Gasteiger charge is -2.24. The summed E-state index contributed by atoms with van der Waals surface area (Å²) in [4.78, 5) is 2.38. The van der Waals surface area contributed by atoms with Gasteiger partial charge in [-0.1, -0.05) is 18.2 Å². The molecule has 1 aliphatic heterocycles. The van der Waals surface area contributed by atoms with Crippen LogP contribution in [0.4, 0.5) is 0 Å². The Kier molecular flexibility index (Phi) is 5.63. The van der Waals surface area contributed by atoms with Crippen LogP contribution in [-0.4, -0.2) is 44.4 Å². The fourth-order valence-corrected chi connectivity index (χ4v) is 2.43. The minimum absolute atomic E-state index is 0.0131. The maximum absolute atomic E-state index is 6.35. The molecule has 0 radical (unpaired) electrons. The summed E-state index contributed by atoms with van der Waals surface area (Å²) in [6, 6.07) is 8.04. The standard InChI is InChI=1S/C15H24N2O2/c1-2-19-15-7-4-3-6-13(15)14(16)12-17-8-5-10-18-11-9-17/h3-4,6-7,14H,2,5,8-12,16H2,1H3. The third-order valence-corrected chi connectivity index (χ3v) is 3.39. The minimum Gasteiger partial charge on any atom is -0.494 e. The summed E-state index contributed by atoms with van der Waals surface area (Å²) in [7, 11) is 0. The number of para-hydroxylation sites is 1. The summed E-state index contributed by atoms with van der Waals surface area (Å²) < 4.78 is 11.1. The summed E-state index contributed by atoms with van der Waals surface area (Å²) in [5, 5.41) is 0. The van der Waals surface area contributed by atoms with Gasteiger partial charge < -0.3 is 15.2 Å². The Morgan fingerprint density at radius 1 is 1.32 bits per heavy atom. The van der Waals surface area contributed by atoms with Crippen molar-refractivity contribution in [2.24, 2.45) is 5.73 Å². The van der Waals surface area contributed by atoms with Crippen molar-refractivity contribution >= 4 is 0 Å². The van der Waals surface area contributed by atoms with Crippen molar-refractivity contribution in [1.82, 2.24) is 4.90 Å². The van der Waals surface area contributed by atoms with E-state index in [2.05, 4.69) is 11.0 Å². The third-order valence-electron chi connectivity index (χ3n) is 3.39. The van der Waals surface area contributed by atoms with Crippen LogP contribution in [0.2, 0.25) is 0 Å². The highest BCUT2D eigenvalue weighted by atomic mass is 16.5. The maximum atomic E-state index is 6.35. The Hall–Kier alpha value is -1.10. The third kappa shape index (κ3) is 4.20. The van der Waals surface area contributed by atoms with E-state index in [0.29, 0.717) is 6.61 Å². The number of nitrogens with zero attached hydrogens (tertiary/aromatic N) is 1. The molecule has 1 atom stereocenters. The Bertz CT molecular complexity index is 376. The molecule has 2 N–H and O–H groups in total. The molecule has 2 rings (SSSR count). The highest BCUT2D eigenvalue weighted by Crippen LogP contribution is 2.24. The normalized spacial score (nSPS) is 18.8. The van der Waals surface area contributed by atoms with Gasteiger partial charge in [-0.15, -0.1) is 0 Å². The zero-order valence-electron chi connectivity index (χ0n) is 11.7. The van der Waals surface area contributed by atoms with Gasteiger partial charge in [0.1, 0.15) is 5.75 Å². The van der Waals surface area contributed by atoms with E-state index < -0.39 is 0 Å². The van der Waals surface area contributed by atoms with E-state index in [0.717, 1.165) is 50.6 Å². The molecule has 0 aromatic heterocycles. The van der Waals surface area contributed by atoms with Gasteiger partial charge in [-0.2, -0.15) is 0 Å². The molecule has 4 nitrogen and oxygen atoms in total. The maximum Gasteiger partial charge on any atom is 0.124 e. The van der Waals surface area contributed by atoms with E-state index in [1.807, 2.05) is 25.1 Å². The van der Waals surface area contributed by atoms with Crippen LogP contribution < -0.4 is 10.5 Å². The van der Waals surface area contributed by atoms with E-state index in [4.69, 9.17) is 15.2 Å². The summed E-state index contributed by atoms with van der Waals surface area (Å²) >= 11 is 0. The first-order valence-electron chi connectivity index (χ1n) is 7.08. The smallest absolute Gasteiger partial charge is 0.124 e. The Balaban J connectivity index is 2.00. The lowest BCUT2D eigenvalue weighted by atomic mass is 10.1. The first kappa shape index (κ1) is 14.3. The van der Waals surface area contributed by atoms with Crippen molar-refractivity contribution in [3.8, 4) is 5.75 Å². The number of benzene rings is 1. The van der Waals surface area contributed by atoms with Gasteiger partial charge in [-0.3, -0.25) is 4.90 Å². The quantitative estimate of drug-likeness (QED) is 0.881. The molecule has 0 spiro atoms. The molecule has 1 aromatic carbocycles. The Morgan fingerprint density at radius 2 is 2.16 bits per heavy atom. The predicted molar refractivity (Wildman–Crippen MR) is 76.4 cm³/mol. The van der Waals surface area contributed by atoms with Gasteiger partial charge >= 0.3 is 0 Å². The summed E-state index contributed by atoms with van der Waals surface area (Å²) in [5.41, 5.74) is 7.44. The fraction of sp³-hybridized carbons (Fsp3) is 0.600. The van der Waals surface area contributed by atoms with Gasteiger partial charge in [0, 0.05) is 37.8 Å². The molecule has 4 heteroatoms. The first-order valence-corrected chi connectivity index (χ1v) is 7.08. The molecule has 0 bridgehead atoms. The monoisotopic (exact) mass is 264 g/mol. The molecule has 1 unspecified atom stereocenters. The number of hydrogen-bond acceptors (Lipinski definition) is 4. The minimum atomic E-state index is -0.0131. The van der Waals surface area contributed by atoms with Gasteiger partial charge in [0.2, 0.25) is 0 Å². The van der Waals surface area contributed by atoms with E-state index >= 15 is 0 Å². The Morgan fingerprint density at radius 3 is 3.00 bits per heavy atom. The van der Waals surface area contributed by atoms with Crippen molar-refractivity contribution in [1.29, 1.82) is 0 Å². The largest absolute Gasteiger partial charge is 0.494 e. The molecule has 0 saturated carbocycles. The topological polar surface area (TPSA) is 47.7 Å². The molecule has 1 aliphatic rings. The predicted octanol–water partition coefficient (Wildman–Crippen LogP) is 1.81. The second kappa shape index (κ2) is 7.48. The van der Waals surface area contributed by atoms with Crippen LogP contribution in [0.1, 0.15) is 24.9 Å². The van der Waals surface area contributed by atoms with Crippen LogP contribution in [-0.2, 0) is 4.74 Å². The Labute approximate surface area is 115 Å². The highest BCUT2D eigenvalue weighted by Gasteiger charge is 2.17. The molecule has 1 saturated heterocycles. The number of ether oxygens (including phenoxy) is 2. The lowest BCUT2D eigenvalue weighted by Crippen LogP contribution is -2.34. The van der Waals surface area contributed by atoms with Gasteiger partial charge in [-0.05, 0) is 19.4 Å².